The minimum absolute atomic E-state index is 0.754. The van der Waals surface area contributed by atoms with Crippen molar-refractivity contribution < 1.29 is 4.74 Å². The molecule has 0 amide bonds. The predicted molar refractivity (Wildman–Crippen MR) is 97.0 cm³/mol. The number of hydrogen-bond acceptors (Lipinski definition) is 3. The molecule has 0 aromatic rings. The molecular weight excluding hydrogens is 288 g/mol. The third-order valence-electron chi connectivity index (χ3n) is 5.39. The summed E-state index contributed by atoms with van der Waals surface area (Å²) in [6.45, 7) is 9.95. The van der Waals surface area contributed by atoms with E-state index in [-0.39, 0.29) is 0 Å². The Labute approximate surface area is 142 Å². The standard InChI is InChI=1S/C18H36N4O/c1-4-22-10-5-6-17(15-22)14-20-18(19-2)21(3)11-7-16-8-12-23-13-9-16/h16-17H,4-15H2,1-3H3,(H,19,20). The Balaban J connectivity index is 1.69. The first-order valence-corrected chi connectivity index (χ1v) is 9.44. The van der Waals surface area contributed by atoms with Gasteiger partial charge in [-0.1, -0.05) is 6.92 Å². The van der Waals surface area contributed by atoms with Crippen molar-refractivity contribution >= 4 is 5.96 Å². The van der Waals surface area contributed by atoms with Gasteiger partial charge in [0.05, 0.1) is 0 Å². The Morgan fingerprint density at radius 3 is 2.74 bits per heavy atom. The first-order valence-electron chi connectivity index (χ1n) is 9.44. The normalized spacial score (nSPS) is 24.7. The molecule has 2 saturated heterocycles. The van der Waals surface area contributed by atoms with Crippen molar-refractivity contribution in [3.8, 4) is 0 Å². The molecule has 2 rings (SSSR count). The summed E-state index contributed by atoms with van der Waals surface area (Å²) in [5.74, 6) is 2.62. The van der Waals surface area contributed by atoms with Gasteiger partial charge < -0.3 is 19.9 Å². The molecule has 0 aliphatic carbocycles. The fourth-order valence-electron chi connectivity index (χ4n) is 3.74. The Morgan fingerprint density at radius 2 is 2.04 bits per heavy atom. The minimum atomic E-state index is 0.754. The minimum Gasteiger partial charge on any atom is -0.381 e. The van der Waals surface area contributed by atoms with Gasteiger partial charge in [0, 0.05) is 46.9 Å². The number of guanidine groups is 1. The van der Waals surface area contributed by atoms with Crippen LogP contribution in [0, 0.1) is 11.8 Å². The third kappa shape index (κ3) is 6.30. The van der Waals surface area contributed by atoms with E-state index in [2.05, 4.69) is 34.1 Å². The Hall–Kier alpha value is -0.810. The molecule has 0 radical (unpaired) electrons. The summed E-state index contributed by atoms with van der Waals surface area (Å²) in [7, 11) is 4.06. The van der Waals surface area contributed by atoms with Crippen LogP contribution < -0.4 is 5.32 Å². The van der Waals surface area contributed by atoms with E-state index in [1.54, 1.807) is 0 Å². The molecule has 5 nitrogen and oxygen atoms in total. The van der Waals surface area contributed by atoms with Crippen molar-refractivity contribution in [2.24, 2.45) is 16.8 Å². The molecule has 2 heterocycles. The first-order chi connectivity index (χ1) is 11.2. The van der Waals surface area contributed by atoms with Crippen LogP contribution in [-0.4, -0.2) is 75.8 Å². The fourth-order valence-corrected chi connectivity index (χ4v) is 3.74. The Bertz CT molecular complexity index is 355. The number of likely N-dealkylation sites (tertiary alicyclic amines) is 1. The maximum atomic E-state index is 5.45. The highest BCUT2D eigenvalue weighted by Gasteiger charge is 2.20. The molecular formula is C18H36N4O. The van der Waals surface area contributed by atoms with Crippen LogP contribution in [0.2, 0.25) is 0 Å². The summed E-state index contributed by atoms with van der Waals surface area (Å²) in [6, 6.07) is 0. The van der Waals surface area contributed by atoms with E-state index in [9.17, 15) is 0 Å². The molecule has 1 atom stereocenters. The molecule has 2 aliphatic heterocycles. The van der Waals surface area contributed by atoms with Crippen molar-refractivity contribution in [2.75, 3.05) is 60.0 Å². The number of nitrogens with one attached hydrogen (secondary N) is 1. The lowest BCUT2D eigenvalue weighted by molar-refractivity contribution is 0.0625. The molecule has 2 aliphatic rings. The zero-order chi connectivity index (χ0) is 16.5. The van der Waals surface area contributed by atoms with Crippen LogP contribution in [0.3, 0.4) is 0 Å². The van der Waals surface area contributed by atoms with Crippen LogP contribution in [0.5, 0.6) is 0 Å². The number of ether oxygens (including phenoxy) is 1. The highest BCUT2D eigenvalue weighted by molar-refractivity contribution is 5.79. The summed E-state index contributed by atoms with van der Waals surface area (Å²) in [6.07, 6.45) is 6.35. The van der Waals surface area contributed by atoms with E-state index in [0.717, 1.165) is 44.1 Å². The summed E-state index contributed by atoms with van der Waals surface area (Å²) in [4.78, 5) is 9.32. The molecule has 1 N–H and O–H groups in total. The molecule has 0 aromatic carbocycles. The van der Waals surface area contributed by atoms with E-state index >= 15 is 0 Å². The predicted octanol–water partition coefficient (Wildman–Crippen LogP) is 2.04. The molecule has 0 aromatic heterocycles. The Morgan fingerprint density at radius 1 is 1.26 bits per heavy atom. The number of rotatable bonds is 6. The highest BCUT2D eigenvalue weighted by atomic mass is 16.5. The molecule has 0 saturated carbocycles. The SMILES string of the molecule is CCN1CCCC(CNC(=NC)N(C)CCC2CCOCC2)C1. The summed E-state index contributed by atoms with van der Waals surface area (Å²) < 4.78 is 5.45. The van der Waals surface area contributed by atoms with Crippen LogP contribution in [0.4, 0.5) is 0 Å². The van der Waals surface area contributed by atoms with Gasteiger partial charge in [0.2, 0.25) is 0 Å². The number of piperidine rings is 1. The number of nitrogens with zero attached hydrogens (tertiary/aromatic N) is 3. The fraction of sp³-hybridized carbons (Fsp3) is 0.944. The van der Waals surface area contributed by atoms with Gasteiger partial charge in [0.15, 0.2) is 5.96 Å². The quantitative estimate of drug-likeness (QED) is 0.600. The molecule has 0 spiro atoms. The van der Waals surface area contributed by atoms with Crippen LogP contribution >= 0.6 is 0 Å². The topological polar surface area (TPSA) is 40.1 Å². The third-order valence-corrected chi connectivity index (χ3v) is 5.39. The zero-order valence-electron chi connectivity index (χ0n) is 15.4. The van der Waals surface area contributed by atoms with Gasteiger partial charge in [-0.15, -0.1) is 0 Å². The smallest absolute Gasteiger partial charge is 0.193 e. The first kappa shape index (κ1) is 18.5. The zero-order valence-corrected chi connectivity index (χ0v) is 15.4. The largest absolute Gasteiger partial charge is 0.381 e. The lowest BCUT2D eigenvalue weighted by atomic mass is 9.96. The maximum Gasteiger partial charge on any atom is 0.193 e. The summed E-state index contributed by atoms with van der Waals surface area (Å²) in [5, 5.41) is 3.60. The molecule has 5 heteroatoms. The molecule has 23 heavy (non-hydrogen) atoms. The second-order valence-electron chi connectivity index (χ2n) is 7.10. The maximum absolute atomic E-state index is 5.45. The van der Waals surface area contributed by atoms with Gasteiger partial charge in [-0.2, -0.15) is 0 Å². The van der Waals surface area contributed by atoms with Crippen molar-refractivity contribution in [3.63, 3.8) is 0 Å². The average molecular weight is 325 g/mol. The molecule has 2 fully saturated rings. The average Bonchev–Trinajstić information content (AvgIpc) is 2.61. The van der Waals surface area contributed by atoms with E-state index in [0.29, 0.717) is 0 Å². The highest BCUT2D eigenvalue weighted by Crippen LogP contribution is 2.18. The van der Waals surface area contributed by atoms with Gasteiger partial charge in [-0.05, 0) is 57.0 Å². The molecule has 0 bridgehead atoms. The molecule has 134 valence electrons. The monoisotopic (exact) mass is 324 g/mol. The van der Waals surface area contributed by atoms with Crippen molar-refractivity contribution in [1.29, 1.82) is 0 Å². The summed E-state index contributed by atoms with van der Waals surface area (Å²) >= 11 is 0. The number of hydrogen-bond donors (Lipinski definition) is 1. The van der Waals surface area contributed by atoms with Crippen LogP contribution in [-0.2, 0) is 4.74 Å². The lowest BCUT2D eigenvalue weighted by Crippen LogP contribution is -2.45. The van der Waals surface area contributed by atoms with Crippen LogP contribution in [0.15, 0.2) is 4.99 Å². The van der Waals surface area contributed by atoms with Crippen LogP contribution in [0.25, 0.3) is 0 Å². The second-order valence-corrected chi connectivity index (χ2v) is 7.10. The van der Waals surface area contributed by atoms with E-state index in [4.69, 9.17) is 4.74 Å². The van der Waals surface area contributed by atoms with Gasteiger partial charge in [0.25, 0.3) is 0 Å². The van der Waals surface area contributed by atoms with Gasteiger partial charge in [-0.25, -0.2) is 0 Å². The number of aliphatic imine (C=N–C) groups is 1. The van der Waals surface area contributed by atoms with Gasteiger partial charge in [0.1, 0.15) is 0 Å². The van der Waals surface area contributed by atoms with Gasteiger partial charge in [-0.3, -0.25) is 4.99 Å². The van der Waals surface area contributed by atoms with E-state index in [1.165, 1.54) is 51.7 Å². The summed E-state index contributed by atoms with van der Waals surface area (Å²) in [5.41, 5.74) is 0. The lowest BCUT2D eigenvalue weighted by Gasteiger charge is -2.33. The second kappa shape index (κ2) is 10.1. The van der Waals surface area contributed by atoms with E-state index in [1.807, 2.05) is 7.05 Å². The van der Waals surface area contributed by atoms with Crippen molar-refractivity contribution in [2.45, 2.75) is 39.0 Å². The van der Waals surface area contributed by atoms with Gasteiger partial charge >= 0.3 is 0 Å². The molecule has 1 unspecified atom stereocenters. The van der Waals surface area contributed by atoms with Crippen molar-refractivity contribution in [1.82, 2.24) is 15.1 Å². The van der Waals surface area contributed by atoms with E-state index < -0.39 is 0 Å². The van der Waals surface area contributed by atoms with Crippen LogP contribution in [0.1, 0.15) is 39.0 Å². The van der Waals surface area contributed by atoms with Crippen molar-refractivity contribution in [3.05, 3.63) is 0 Å². The Kier molecular flexibility index (Phi) is 8.17.